The molecule has 1 unspecified atom stereocenters. The molecule has 1 aliphatic rings. The van der Waals surface area contributed by atoms with Crippen molar-refractivity contribution in [3.8, 4) is 5.75 Å². The summed E-state index contributed by atoms with van der Waals surface area (Å²) in [5, 5.41) is 4.11. The molecule has 0 bridgehead atoms. The first kappa shape index (κ1) is 25.5. The number of nitrogens with zero attached hydrogens (tertiary/aromatic N) is 4. The van der Waals surface area contributed by atoms with Crippen LogP contribution in [0, 0.1) is 0 Å². The molecule has 0 amide bonds. The Kier molecular flexibility index (Phi) is 10.6. The van der Waals surface area contributed by atoms with E-state index in [-0.39, 0.29) is 30.1 Å². The second-order valence-corrected chi connectivity index (χ2v) is 7.71. The van der Waals surface area contributed by atoms with Gasteiger partial charge in [0, 0.05) is 44.9 Å². The monoisotopic (exact) mass is 559 g/mol. The molecular weight excluding hydrogens is 529 g/mol. The number of aliphatic imine (C=N–C) groups is 1. The zero-order valence-electron chi connectivity index (χ0n) is 18.3. The van der Waals surface area contributed by atoms with Gasteiger partial charge in [-0.1, -0.05) is 11.6 Å². The molecule has 0 spiro atoms. The fourth-order valence-electron chi connectivity index (χ4n) is 3.27. The zero-order chi connectivity index (χ0) is 21.3. The van der Waals surface area contributed by atoms with E-state index >= 15 is 0 Å². The smallest absolute Gasteiger partial charge is 0.193 e. The van der Waals surface area contributed by atoms with E-state index in [1.165, 1.54) is 0 Å². The zero-order valence-corrected chi connectivity index (χ0v) is 21.3. The summed E-state index contributed by atoms with van der Waals surface area (Å²) >= 11 is 5.90. The third-order valence-electron chi connectivity index (χ3n) is 4.91. The van der Waals surface area contributed by atoms with Gasteiger partial charge in [-0.15, -0.1) is 24.0 Å². The van der Waals surface area contributed by atoms with E-state index in [9.17, 15) is 0 Å². The third-order valence-corrected chi connectivity index (χ3v) is 5.16. The number of likely N-dealkylation sites (N-methyl/N-ethyl adjacent to an activating group) is 1. The van der Waals surface area contributed by atoms with E-state index in [2.05, 4.69) is 33.2 Å². The van der Waals surface area contributed by atoms with Gasteiger partial charge in [0.05, 0.1) is 19.3 Å². The van der Waals surface area contributed by atoms with E-state index in [0.717, 1.165) is 42.8 Å². The molecule has 2 aromatic rings. The number of aromatic nitrogens is 1. The van der Waals surface area contributed by atoms with E-state index in [1.807, 2.05) is 48.5 Å². The number of morpholine rings is 1. The van der Waals surface area contributed by atoms with Crippen molar-refractivity contribution < 1.29 is 9.47 Å². The summed E-state index contributed by atoms with van der Waals surface area (Å²) in [7, 11) is 3.78. The van der Waals surface area contributed by atoms with E-state index in [4.69, 9.17) is 21.1 Å². The number of nitrogens with one attached hydrogen (secondary N) is 1. The minimum atomic E-state index is 0. The first-order valence-electron chi connectivity index (χ1n) is 10.2. The average Bonchev–Trinajstić information content (AvgIpc) is 2.76. The van der Waals surface area contributed by atoms with Crippen molar-refractivity contribution in [3.63, 3.8) is 0 Å². The normalized spacial score (nSPS) is 16.5. The fourth-order valence-corrected chi connectivity index (χ4v) is 3.40. The highest BCUT2D eigenvalue weighted by Gasteiger charge is 2.18. The molecule has 1 N–H and O–H groups in total. The van der Waals surface area contributed by atoms with Gasteiger partial charge >= 0.3 is 0 Å². The first-order valence-corrected chi connectivity index (χ1v) is 10.5. The van der Waals surface area contributed by atoms with E-state index in [0.29, 0.717) is 24.7 Å². The number of benzene rings is 1. The summed E-state index contributed by atoms with van der Waals surface area (Å²) < 4.78 is 11.4. The lowest BCUT2D eigenvalue weighted by Gasteiger charge is -2.32. The van der Waals surface area contributed by atoms with Crippen molar-refractivity contribution in [3.05, 3.63) is 53.2 Å². The lowest BCUT2D eigenvalue weighted by Crippen LogP contribution is -2.42. The molecule has 1 aliphatic heterocycles. The van der Waals surface area contributed by atoms with Crippen molar-refractivity contribution in [2.45, 2.75) is 19.6 Å². The van der Waals surface area contributed by atoms with Crippen molar-refractivity contribution in [2.75, 3.05) is 51.8 Å². The Balaban J connectivity index is 0.00000341. The SMILES string of the molecule is CN=C(NCc1ccnc(N2CCOC(C)C2)c1)N(C)CCOc1ccc(Cl)cc1.I. The average molecular weight is 560 g/mol. The maximum atomic E-state index is 5.90. The molecule has 1 aromatic carbocycles. The van der Waals surface area contributed by atoms with E-state index in [1.54, 1.807) is 7.05 Å². The Labute approximate surface area is 206 Å². The lowest BCUT2D eigenvalue weighted by atomic mass is 10.2. The maximum Gasteiger partial charge on any atom is 0.193 e. The summed E-state index contributed by atoms with van der Waals surface area (Å²) in [4.78, 5) is 13.2. The Morgan fingerprint density at radius 2 is 2.13 bits per heavy atom. The van der Waals surface area contributed by atoms with Crippen molar-refractivity contribution in [1.82, 2.24) is 15.2 Å². The number of ether oxygens (including phenoxy) is 2. The number of halogens is 2. The highest BCUT2D eigenvalue weighted by molar-refractivity contribution is 14.0. The summed E-state index contributed by atoms with van der Waals surface area (Å²) in [6, 6.07) is 11.5. The molecule has 31 heavy (non-hydrogen) atoms. The van der Waals surface area contributed by atoms with Crippen LogP contribution in [0.25, 0.3) is 0 Å². The molecule has 7 nitrogen and oxygen atoms in total. The Morgan fingerprint density at radius 3 is 2.84 bits per heavy atom. The predicted molar refractivity (Wildman–Crippen MR) is 137 cm³/mol. The Bertz CT molecular complexity index is 837. The number of anilines is 1. The van der Waals surface area contributed by atoms with Gasteiger partial charge in [-0.25, -0.2) is 4.98 Å². The molecule has 1 aromatic heterocycles. The lowest BCUT2D eigenvalue weighted by molar-refractivity contribution is 0.0529. The highest BCUT2D eigenvalue weighted by atomic mass is 127. The van der Waals surface area contributed by atoms with Crippen LogP contribution in [0.2, 0.25) is 5.02 Å². The molecule has 0 aliphatic carbocycles. The minimum Gasteiger partial charge on any atom is -0.492 e. The molecule has 1 fully saturated rings. The number of rotatable bonds is 7. The second kappa shape index (κ2) is 12.9. The van der Waals surface area contributed by atoms with Crippen LogP contribution in [0.4, 0.5) is 5.82 Å². The highest BCUT2D eigenvalue weighted by Crippen LogP contribution is 2.17. The molecule has 3 rings (SSSR count). The quantitative estimate of drug-likeness (QED) is 0.317. The Hall–Kier alpha value is -1.78. The number of hydrogen-bond donors (Lipinski definition) is 1. The molecule has 0 saturated carbocycles. The molecule has 170 valence electrons. The topological polar surface area (TPSA) is 62.2 Å². The van der Waals surface area contributed by atoms with Crippen LogP contribution in [-0.4, -0.2) is 68.9 Å². The van der Waals surface area contributed by atoms with Gasteiger partial charge < -0.3 is 24.6 Å². The number of pyridine rings is 1. The van der Waals surface area contributed by atoms with Gasteiger partial charge in [-0.05, 0) is 48.9 Å². The van der Waals surface area contributed by atoms with Gasteiger partial charge in [-0.2, -0.15) is 0 Å². The van der Waals surface area contributed by atoms with Gasteiger partial charge in [0.25, 0.3) is 0 Å². The van der Waals surface area contributed by atoms with Crippen molar-refractivity contribution >= 4 is 47.4 Å². The van der Waals surface area contributed by atoms with Gasteiger partial charge in [0.15, 0.2) is 5.96 Å². The van der Waals surface area contributed by atoms with Crippen LogP contribution in [0.5, 0.6) is 5.75 Å². The third kappa shape index (κ3) is 8.01. The summed E-state index contributed by atoms with van der Waals surface area (Å²) in [6.45, 7) is 6.48. The molecule has 9 heteroatoms. The molecule has 2 heterocycles. The predicted octanol–water partition coefficient (Wildman–Crippen LogP) is 3.66. The van der Waals surface area contributed by atoms with Gasteiger partial charge in [0.1, 0.15) is 18.2 Å². The Morgan fingerprint density at radius 1 is 1.35 bits per heavy atom. The van der Waals surface area contributed by atoms with Crippen LogP contribution >= 0.6 is 35.6 Å². The number of guanidine groups is 1. The van der Waals surface area contributed by atoms with Crippen LogP contribution in [0.15, 0.2) is 47.6 Å². The van der Waals surface area contributed by atoms with Crippen LogP contribution in [0.1, 0.15) is 12.5 Å². The van der Waals surface area contributed by atoms with Gasteiger partial charge in [-0.3, -0.25) is 4.99 Å². The summed E-state index contributed by atoms with van der Waals surface area (Å²) in [5.74, 6) is 2.61. The van der Waals surface area contributed by atoms with Crippen LogP contribution < -0.4 is 15.0 Å². The molecular formula is C22H31ClIN5O2. The minimum absolute atomic E-state index is 0. The molecule has 1 atom stereocenters. The van der Waals surface area contributed by atoms with Crippen molar-refractivity contribution in [1.29, 1.82) is 0 Å². The van der Waals surface area contributed by atoms with Crippen LogP contribution in [0.3, 0.4) is 0 Å². The second-order valence-electron chi connectivity index (χ2n) is 7.27. The standard InChI is InChI=1S/C22H30ClN5O2.HI/c1-17-16-28(11-13-29-17)21-14-18(8-9-25-21)15-26-22(24-2)27(3)10-12-30-20-6-4-19(23)5-7-20;/h4-9,14,17H,10-13,15-16H2,1-3H3,(H,24,26);1H. The number of hydrogen-bond acceptors (Lipinski definition) is 5. The summed E-state index contributed by atoms with van der Waals surface area (Å²) in [5.41, 5.74) is 1.16. The maximum absolute atomic E-state index is 5.90. The largest absolute Gasteiger partial charge is 0.492 e. The van der Waals surface area contributed by atoms with Crippen LogP contribution in [-0.2, 0) is 11.3 Å². The summed E-state index contributed by atoms with van der Waals surface area (Å²) in [6.07, 6.45) is 2.09. The van der Waals surface area contributed by atoms with Gasteiger partial charge in [0.2, 0.25) is 0 Å². The first-order chi connectivity index (χ1) is 14.5. The van der Waals surface area contributed by atoms with E-state index < -0.39 is 0 Å². The molecule has 0 radical (unpaired) electrons. The molecule has 1 saturated heterocycles. The van der Waals surface area contributed by atoms with Crippen molar-refractivity contribution in [2.24, 2.45) is 4.99 Å². The fraction of sp³-hybridized carbons (Fsp3) is 0.455.